The molecular weight excluding hydrogens is 164 g/mol. The second-order valence-electron chi connectivity index (χ2n) is 3.95. The average molecular weight is 186 g/mol. The fourth-order valence-corrected chi connectivity index (χ4v) is 1.61. The molecule has 0 aromatic rings. The van der Waals surface area contributed by atoms with Crippen LogP contribution in [0, 0.1) is 0 Å². The van der Waals surface area contributed by atoms with E-state index in [9.17, 15) is 0 Å². The van der Waals surface area contributed by atoms with Crippen molar-refractivity contribution in [3.63, 3.8) is 0 Å². The van der Waals surface area contributed by atoms with Gasteiger partial charge in [-0.05, 0) is 6.42 Å². The van der Waals surface area contributed by atoms with E-state index in [1.807, 2.05) is 0 Å². The quantitative estimate of drug-likeness (QED) is 0.327. The van der Waals surface area contributed by atoms with Gasteiger partial charge in [0.15, 0.2) is 0 Å². The third-order valence-corrected chi connectivity index (χ3v) is 2.77. The lowest BCUT2D eigenvalue weighted by Gasteiger charge is -2.03. The summed E-state index contributed by atoms with van der Waals surface area (Å²) >= 11 is 0. The Morgan fingerprint density at radius 2 is 1.46 bits per heavy atom. The molecule has 0 aromatic carbocycles. The number of hydrogen-bond acceptors (Lipinski definition) is 2. The SMILES string of the molecule is CCCCCCCCC1(CC)OO1. The largest absolute Gasteiger partial charge is 0.234 e. The Morgan fingerprint density at radius 1 is 0.846 bits per heavy atom. The third kappa shape index (κ3) is 4.10. The molecule has 1 heterocycles. The third-order valence-electron chi connectivity index (χ3n) is 2.77. The van der Waals surface area contributed by atoms with Crippen LogP contribution in [0.1, 0.15) is 65.2 Å². The molecule has 0 atom stereocenters. The lowest BCUT2D eigenvalue weighted by Crippen LogP contribution is -2.07. The molecule has 0 amide bonds. The first-order chi connectivity index (χ1) is 6.33. The topological polar surface area (TPSA) is 25.1 Å². The van der Waals surface area contributed by atoms with Gasteiger partial charge >= 0.3 is 0 Å². The molecule has 0 aromatic heterocycles. The van der Waals surface area contributed by atoms with Crippen molar-refractivity contribution >= 4 is 0 Å². The van der Waals surface area contributed by atoms with Gasteiger partial charge in [-0.3, -0.25) is 0 Å². The van der Waals surface area contributed by atoms with Crippen LogP contribution in [0.25, 0.3) is 0 Å². The summed E-state index contributed by atoms with van der Waals surface area (Å²) in [7, 11) is 0. The summed E-state index contributed by atoms with van der Waals surface area (Å²) in [6.07, 6.45) is 10.1. The Kier molecular flexibility index (Phi) is 4.74. The van der Waals surface area contributed by atoms with Crippen LogP contribution in [0.4, 0.5) is 0 Å². The van der Waals surface area contributed by atoms with E-state index in [0.717, 1.165) is 12.8 Å². The molecule has 0 spiro atoms. The van der Waals surface area contributed by atoms with Gasteiger partial charge in [-0.2, -0.15) is 9.78 Å². The zero-order valence-electron chi connectivity index (χ0n) is 8.97. The van der Waals surface area contributed by atoms with Gasteiger partial charge in [0.05, 0.1) is 0 Å². The first kappa shape index (κ1) is 11.0. The van der Waals surface area contributed by atoms with E-state index in [2.05, 4.69) is 13.8 Å². The van der Waals surface area contributed by atoms with E-state index in [1.165, 1.54) is 38.5 Å². The molecule has 0 bridgehead atoms. The van der Waals surface area contributed by atoms with E-state index in [-0.39, 0.29) is 5.79 Å². The zero-order valence-corrected chi connectivity index (χ0v) is 8.97. The maximum Gasteiger partial charge on any atom is 0.234 e. The van der Waals surface area contributed by atoms with Crippen LogP contribution < -0.4 is 0 Å². The van der Waals surface area contributed by atoms with E-state index in [0.29, 0.717) is 0 Å². The average Bonchev–Trinajstić information content (AvgIpc) is 2.92. The minimum Gasteiger partial charge on any atom is -0.195 e. The van der Waals surface area contributed by atoms with Crippen molar-refractivity contribution in [3.8, 4) is 0 Å². The van der Waals surface area contributed by atoms with Crippen molar-refractivity contribution in [2.45, 2.75) is 71.0 Å². The van der Waals surface area contributed by atoms with Gasteiger partial charge in [0.2, 0.25) is 5.79 Å². The van der Waals surface area contributed by atoms with Gasteiger partial charge in [0, 0.05) is 12.8 Å². The van der Waals surface area contributed by atoms with Gasteiger partial charge in [0.1, 0.15) is 0 Å². The molecule has 0 N–H and O–H groups in total. The standard InChI is InChI=1S/C11H22O2/c1-3-5-6-7-8-9-10-11(4-2)12-13-11/h3-10H2,1-2H3. The summed E-state index contributed by atoms with van der Waals surface area (Å²) in [6.45, 7) is 4.36. The van der Waals surface area contributed by atoms with E-state index in [1.54, 1.807) is 0 Å². The molecule has 0 radical (unpaired) electrons. The molecule has 1 aliphatic rings. The van der Waals surface area contributed by atoms with Crippen molar-refractivity contribution in [1.29, 1.82) is 0 Å². The molecule has 1 aliphatic heterocycles. The summed E-state index contributed by atoms with van der Waals surface area (Å²) in [5.74, 6) is -0.162. The van der Waals surface area contributed by atoms with Crippen LogP contribution in [0.2, 0.25) is 0 Å². The van der Waals surface area contributed by atoms with Crippen molar-refractivity contribution < 1.29 is 9.78 Å². The maximum absolute atomic E-state index is 4.97. The molecule has 1 saturated heterocycles. The Balaban J connectivity index is 1.84. The van der Waals surface area contributed by atoms with E-state index in [4.69, 9.17) is 9.78 Å². The molecule has 1 fully saturated rings. The molecule has 0 unspecified atom stereocenters. The summed E-state index contributed by atoms with van der Waals surface area (Å²) in [5, 5.41) is 0. The van der Waals surface area contributed by atoms with Crippen LogP contribution in [0.3, 0.4) is 0 Å². The normalized spacial score (nSPS) is 18.9. The first-order valence-corrected chi connectivity index (χ1v) is 5.70. The van der Waals surface area contributed by atoms with E-state index >= 15 is 0 Å². The Labute approximate surface area is 81.5 Å². The maximum atomic E-state index is 4.97. The van der Waals surface area contributed by atoms with Crippen LogP contribution in [0.15, 0.2) is 0 Å². The van der Waals surface area contributed by atoms with Crippen LogP contribution >= 0.6 is 0 Å². The van der Waals surface area contributed by atoms with Gasteiger partial charge in [-0.15, -0.1) is 0 Å². The predicted molar refractivity (Wildman–Crippen MR) is 53.2 cm³/mol. The highest BCUT2D eigenvalue weighted by molar-refractivity contribution is 4.71. The minimum atomic E-state index is -0.162. The van der Waals surface area contributed by atoms with Gasteiger partial charge in [-0.25, -0.2) is 0 Å². The monoisotopic (exact) mass is 186 g/mol. The molecule has 78 valence electrons. The molecular formula is C11H22O2. The highest BCUT2D eigenvalue weighted by atomic mass is 17.4. The van der Waals surface area contributed by atoms with Crippen molar-refractivity contribution in [3.05, 3.63) is 0 Å². The summed E-state index contributed by atoms with van der Waals surface area (Å²) < 4.78 is 0. The molecule has 2 nitrogen and oxygen atoms in total. The lowest BCUT2D eigenvalue weighted by atomic mass is 10.0. The second-order valence-corrected chi connectivity index (χ2v) is 3.95. The lowest BCUT2D eigenvalue weighted by molar-refractivity contribution is 0.0850. The predicted octanol–water partition coefficient (Wildman–Crippen LogP) is 3.81. The van der Waals surface area contributed by atoms with Crippen LogP contribution in [0.5, 0.6) is 0 Å². The smallest absolute Gasteiger partial charge is 0.195 e. The summed E-state index contributed by atoms with van der Waals surface area (Å²) in [5.41, 5.74) is 0. The van der Waals surface area contributed by atoms with Gasteiger partial charge in [0.25, 0.3) is 0 Å². The minimum absolute atomic E-state index is 0.162. The Hall–Kier alpha value is -0.0800. The molecule has 0 aliphatic carbocycles. The van der Waals surface area contributed by atoms with E-state index < -0.39 is 0 Å². The Bertz CT molecular complexity index is 130. The molecule has 1 rings (SSSR count). The summed E-state index contributed by atoms with van der Waals surface area (Å²) in [6, 6.07) is 0. The van der Waals surface area contributed by atoms with Crippen molar-refractivity contribution in [1.82, 2.24) is 0 Å². The highest BCUT2D eigenvalue weighted by Gasteiger charge is 2.45. The molecule has 13 heavy (non-hydrogen) atoms. The fourth-order valence-electron chi connectivity index (χ4n) is 1.61. The van der Waals surface area contributed by atoms with Crippen molar-refractivity contribution in [2.24, 2.45) is 0 Å². The number of hydrogen-bond donors (Lipinski definition) is 0. The van der Waals surface area contributed by atoms with Gasteiger partial charge in [-0.1, -0.05) is 46.0 Å². The second kappa shape index (κ2) is 5.61. The Morgan fingerprint density at radius 3 is 2.00 bits per heavy atom. The fraction of sp³-hybridized carbons (Fsp3) is 1.00. The van der Waals surface area contributed by atoms with Crippen molar-refractivity contribution in [2.75, 3.05) is 0 Å². The molecule has 0 saturated carbocycles. The highest BCUT2D eigenvalue weighted by Crippen LogP contribution is 2.38. The zero-order chi connectivity index (χ0) is 9.57. The van der Waals surface area contributed by atoms with Crippen LogP contribution in [-0.2, 0) is 9.78 Å². The van der Waals surface area contributed by atoms with Crippen LogP contribution in [-0.4, -0.2) is 5.79 Å². The molecule has 2 heteroatoms. The number of unbranched alkanes of at least 4 members (excludes halogenated alkanes) is 5. The summed E-state index contributed by atoms with van der Waals surface area (Å²) in [4.78, 5) is 9.95. The first-order valence-electron chi connectivity index (χ1n) is 5.70. The number of rotatable bonds is 8. The van der Waals surface area contributed by atoms with Gasteiger partial charge < -0.3 is 0 Å².